The van der Waals surface area contributed by atoms with Gasteiger partial charge < -0.3 is 15.3 Å². The maximum atomic E-state index is 10.9. The summed E-state index contributed by atoms with van der Waals surface area (Å²) in [4.78, 5) is 17.9. The van der Waals surface area contributed by atoms with E-state index in [1.807, 2.05) is 12.1 Å². The van der Waals surface area contributed by atoms with E-state index >= 15 is 0 Å². The summed E-state index contributed by atoms with van der Waals surface area (Å²) in [5.74, 6) is 0.870. The monoisotopic (exact) mass is 343 g/mol. The third-order valence-corrected chi connectivity index (χ3v) is 5.37. The normalized spacial score (nSPS) is 22.9. The van der Waals surface area contributed by atoms with Crippen LogP contribution in [0.4, 0.5) is 5.82 Å². The molecule has 2 N–H and O–H groups in total. The minimum absolute atomic E-state index is 0.316. The maximum absolute atomic E-state index is 10.9. The molecule has 1 saturated heterocycles. The second-order valence-electron chi connectivity index (χ2n) is 7.50. The first-order valence-electron chi connectivity index (χ1n) is 9.46. The Morgan fingerprint density at radius 1 is 1.32 bits per heavy atom. The van der Waals surface area contributed by atoms with Crippen LogP contribution in [-0.2, 0) is 4.79 Å². The van der Waals surface area contributed by atoms with Crippen LogP contribution in [0.1, 0.15) is 51.0 Å². The van der Waals surface area contributed by atoms with Gasteiger partial charge in [-0.05, 0) is 55.9 Å². The average Bonchev–Trinajstić information content (AvgIpc) is 3.04. The van der Waals surface area contributed by atoms with Crippen molar-refractivity contribution in [3.8, 4) is 0 Å². The third kappa shape index (κ3) is 5.30. The van der Waals surface area contributed by atoms with Crippen molar-refractivity contribution < 1.29 is 9.90 Å². The van der Waals surface area contributed by atoms with Crippen molar-refractivity contribution in [1.29, 1.82) is 0 Å². The number of hydrogen-bond acceptors (Lipinski definition) is 4. The van der Waals surface area contributed by atoms with Crippen molar-refractivity contribution in [2.45, 2.75) is 51.5 Å². The minimum Gasteiger partial charge on any atom is -0.478 e. The Bertz CT molecular complexity index is 606. The van der Waals surface area contributed by atoms with Gasteiger partial charge in [0.2, 0.25) is 0 Å². The number of anilines is 1. The highest BCUT2D eigenvalue weighted by Crippen LogP contribution is 2.26. The third-order valence-electron chi connectivity index (χ3n) is 5.37. The van der Waals surface area contributed by atoms with Gasteiger partial charge in [-0.1, -0.05) is 19.3 Å². The van der Waals surface area contributed by atoms with Crippen molar-refractivity contribution >= 4 is 17.9 Å². The molecule has 1 aliphatic carbocycles. The van der Waals surface area contributed by atoms with Crippen LogP contribution in [0.15, 0.2) is 23.9 Å². The molecule has 0 spiro atoms. The molecule has 0 unspecified atom stereocenters. The number of carboxylic acids is 1. The summed E-state index contributed by atoms with van der Waals surface area (Å²) in [7, 11) is 0. The zero-order valence-corrected chi connectivity index (χ0v) is 15.1. The molecule has 2 aliphatic rings. The molecular formula is C20H29N3O2. The topological polar surface area (TPSA) is 65.5 Å². The quantitative estimate of drug-likeness (QED) is 0.772. The predicted octanol–water partition coefficient (Wildman–Crippen LogP) is 3.64. The molecule has 25 heavy (non-hydrogen) atoms. The molecular weight excluding hydrogens is 314 g/mol. The molecule has 1 atom stereocenters. The van der Waals surface area contributed by atoms with Crippen LogP contribution < -0.4 is 5.32 Å². The van der Waals surface area contributed by atoms with Gasteiger partial charge in [0.1, 0.15) is 5.82 Å². The van der Waals surface area contributed by atoms with Gasteiger partial charge in [-0.3, -0.25) is 0 Å². The number of hydrogen-bond donors (Lipinski definition) is 2. The van der Waals surface area contributed by atoms with Gasteiger partial charge in [-0.2, -0.15) is 0 Å². The molecule has 1 aromatic heterocycles. The number of likely N-dealkylation sites (tertiary alicyclic amines) is 1. The van der Waals surface area contributed by atoms with Gasteiger partial charge in [-0.15, -0.1) is 0 Å². The van der Waals surface area contributed by atoms with E-state index in [0.717, 1.165) is 30.3 Å². The predicted molar refractivity (Wildman–Crippen MR) is 101 cm³/mol. The molecule has 2 fully saturated rings. The van der Waals surface area contributed by atoms with Gasteiger partial charge in [0.05, 0.1) is 0 Å². The lowest BCUT2D eigenvalue weighted by Crippen LogP contribution is -2.31. The fourth-order valence-electron chi connectivity index (χ4n) is 3.95. The van der Waals surface area contributed by atoms with Gasteiger partial charge in [0.25, 0.3) is 0 Å². The highest BCUT2D eigenvalue weighted by atomic mass is 16.4. The molecule has 0 amide bonds. The fourth-order valence-corrected chi connectivity index (χ4v) is 3.95. The van der Waals surface area contributed by atoms with Gasteiger partial charge in [-0.25, -0.2) is 9.78 Å². The molecule has 136 valence electrons. The Kier molecular flexibility index (Phi) is 6.08. The molecule has 0 bridgehead atoms. The van der Waals surface area contributed by atoms with Crippen molar-refractivity contribution in [1.82, 2.24) is 9.88 Å². The van der Waals surface area contributed by atoms with E-state index in [-0.39, 0.29) is 0 Å². The standard InChI is InChI=1S/C20H29N3O2/c1-15(20(24)25)11-17-7-8-19(21-12-17)22-18-9-10-23(14-18)13-16-5-3-2-4-6-16/h7-8,11-12,16,18H,2-6,9-10,13-14H2,1H3,(H,21,22)(H,24,25)/b15-11+/t18-/m1/s1. The number of carboxylic acid groups (broad SMARTS) is 1. The average molecular weight is 343 g/mol. The number of aliphatic carboxylic acids is 1. The molecule has 0 radical (unpaired) electrons. The van der Waals surface area contributed by atoms with Gasteiger partial charge in [0, 0.05) is 37.4 Å². The molecule has 5 heteroatoms. The lowest BCUT2D eigenvalue weighted by atomic mass is 9.89. The van der Waals surface area contributed by atoms with Crippen molar-refractivity contribution in [3.05, 3.63) is 29.5 Å². The molecule has 1 aromatic rings. The smallest absolute Gasteiger partial charge is 0.331 e. The second kappa shape index (κ2) is 8.48. The Balaban J connectivity index is 1.48. The number of rotatable bonds is 6. The first kappa shape index (κ1) is 17.9. The Morgan fingerprint density at radius 3 is 2.80 bits per heavy atom. The SMILES string of the molecule is C/C(=C\c1ccc(N[C@@H]2CCN(CC3CCCCC3)C2)nc1)C(=O)O. The lowest BCUT2D eigenvalue weighted by molar-refractivity contribution is -0.132. The summed E-state index contributed by atoms with van der Waals surface area (Å²) in [6.45, 7) is 5.11. The van der Waals surface area contributed by atoms with E-state index in [0.29, 0.717) is 11.6 Å². The summed E-state index contributed by atoms with van der Waals surface area (Å²) in [5, 5.41) is 12.4. The number of nitrogens with one attached hydrogen (secondary N) is 1. The van der Waals surface area contributed by atoms with Gasteiger partial charge in [0.15, 0.2) is 0 Å². The molecule has 3 rings (SSSR count). The Morgan fingerprint density at radius 2 is 2.12 bits per heavy atom. The Labute approximate surface area is 150 Å². The number of carbonyl (C=O) groups is 1. The van der Waals surface area contributed by atoms with Crippen LogP contribution in [0.25, 0.3) is 6.08 Å². The number of aromatic nitrogens is 1. The molecule has 0 aromatic carbocycles. The van der Waals surface area contributed by atoms with Crippen molar-refractivity contribution in [2.24, 2.45) is 5.92 Å². The van der Waals surface area contributed by atoms with E-state index < -0.39 is 5.97 Å². The molecule has 5 nitrogen and oxygen atoms in total. The van der Waals surface area contributed by atoms with Crippen molar-refractivity contribution in [3.63, 3.8) is 0 Å². The highest BCUT2D eigenvalue weighted by molar-refractivity contribution is 5.91. The highest BCUT2D eigenvalue weighted by Gasteiger charge is 2.25. The van der Waals surface area contributed by atoms with Crippen LogP contribution in [0, 0.1) is 5.92 Å². The van der Waals surface area contributed by atoms with E-state index in [4.69, 9.17) is 5.11 Å². The number of nitrogens with zero attached hydrogens (tertiary/aromatic N) is 2. The lowest BCUT2D eigenvalue weighted by Gasteiger charge is -2.26. The van der Waals surface area contributed by atoms with Gasteiger partial charge >= 0.3 is 5.97 Å². The maximum Gasteiger partial charge on any atom is 0.331 e. The van der Waals surface area contributed by atoms with E-state index in [2.05, 4.69) is 15.2 Å². The van der Waals surface area contributed by atoms with Crippen LogP contribution in [-0.4, -0.2) is 46.6 Å². The summed E-state index contributed by atoms with van der Waals surface area (Å²) in [5.41, 5.74) is 1.13. The Hall–Kier alpha value is -1.88. The van der Waals surface area contributed by atoms with Crippen molar-refractivity contribution in [2.75, 3.05) is 25.0 Å². The molecule has 1 saturated carbocycles. The number of pyridine rings is 1. The molecule has 2 heterocycles. The van der Waals surface area contributed by atoms with Crippen LogP contribution in [0.3, 0.4) is 0 Å². The first-order valence-corrected chi connectivity index (χ1v) is 9.46. The summed E-state index contributed by atoms with van der Waals surface area (Å²) < 4.78 is 0. The second-order valence-corrected chi connectivity index (χ2v) is 7.50. The van der Waals surface area contributed by atoms with Crippen LogP contribution >= 0.6 is 0 Å². The summed E-state index contributed by atoms with van der Waals surface area (Å²) in [6.07, 6.45) is 11.6. The fraction of sp³-hybridized carbons (Fsp3) is 0.600. The zero-order chi connectivity index (χ0) is 17.6. The van der Waals surface area contributed by atoms with E-state index in [1.54, 1.807) is 19.2 Å². The first-order chi connectivity index (χ1) is 12.1. The summed E-state index contributed by atoms with van der Waals surface area (Å²) in [6, 6.07) is 4.31. The largest absolute Gasteiger partial charge is 0.478 e. The minimum atomic E-state index is -0.897. The zero-order valence-electron chi connectivity index (χ0n) is 15.1. The van der Waals surface area contributed by atoms with Crippen LogP contribution in [0.5, 0.6) is 0 Å². The van der Waals surface area contributed by atoms with E-state index in [1.165, 1.54) is 45.2 Å². The van der Waals surface area contributed by atoms with Crippen LogP contribution in [0.2, 0.25) is 0 Å². The summed E-state index contributed by atoms with van der Waals surface area (Å²) >= 11 is 0. The molecule has 1 aliphatic heterocycles. The van der Waals surface area contributed by atoms with E-state index in [9.17, 15) is 4.79 Å².